The van der Waals surface area contributed by atoms with Crippen LogP contribution in [0.2, 0.25) is 6.55 Å². The molecule has 0 saturated heterocycles. The van der Waals surface area contributed by atoms with Crippen molar-refractivity contribution in [3.05, 3.63) is 0 Å². The van der Waals surface area contributed by atoms with Crippen LogP contribution in [-0.4, -0.2) is 31.7 Å². The molecule has 0 aromatic heterocycles. The summed E-state index contributed by atoms with van der Waals surface area (Å²) in [5.74, 6) is 0. The SMILES string of the molecule is C=[P+](C)[Si](C)(NC(C)(C)N)C(C)(C)N. The molecule has 0 rings (SSSR count). The molecule has 0 aliphatic heterocycles. The van der Waals surface area contributed by atoms with E-state index in [-0.39, 0.29) is 17.9 Å². The molecule has 14 heavy (non-hydrogen) atoms. The Hall–Kier alpha value is 0.267. The Morgan fingerprint density at radius 2 is 1.57 bits per heavy atom. The maximum atomic E-state index is 6.24. The number of nitrogens with two attached hydrogens (primary N) is 2. The van der Waals surface area contributed by atoms with E-state index >= 15 is 0 Å². The molecule has 0 aromatic rings. The monoisotopic (exact) mass is 234 g/mol. The molecule has 0 saturated carbocycles. The second-order valence-electron chi connectivity index (χ2n) is 5.34. The Morgan fingerprint density at radius 3 is 1.64 bits per heavy atom. The van der Waals surface area contributed by atoms with E-state index in [0.717, 1.165) is 0 Å². The van der Waals surface area contributed by atoms with E-state index in [9.17, 15) is 0 Å². The maximum Gasteiger partial charge on any atom is 0.378 e. The normalized spacial score (nSPS) is 19.0. The molecule has 5 N–H and O–H groups in total. The van der Waals surface area contributed by atoms with Gasteiger partial charge in [-0.1, -0.05) is 0 Å². The fourth-order valence-electron chi connectivity index (χ4n) is 1.38. The molecule has 0 bridgehead atoms. The summed E-state index contributed by atoms with van der Waals surface area (Å²) < 4.78 is 0. The lowest BCUT2D eigenvalue weighted by molar-refractivity contribution is 0.473. The van der Waals surface area contributed by atoms with Crippen molar-refractivity contribution in [3.63, 3.8) is 0 Å². The van der Waals surface area contributed by atoms with Gasteiger partial charge < -0.3 is 11.5 Å². The smallest absolute Gasteiger partial charge is 0.323 e. The van der Waals surface area contributed by atoms with Crippen molar-refractivity contribution in [2.45, 2.75) is 45.1 Å². The average Bonchev–Trinajstić information content (AvgIpc) is 1.79. The zero-order valence-electron chi connectivity index (χ0n) is 10.3. The van der Waals surface area contributed by atoms with Gasteiger partial charge >= 0.3 is 7.90 Å². The first-order valence-corrected chi connectivity index (χ1v) is 10.1. The van der Waals surface area contributed by atoms with E-state index in [1.807, 2.05) is 13.8 Å². The van der Waals surface area contributed by atoms with E-state index in [0.29, 0.717) is 0 Å². The summed E-state index contributed by atoms with van der Waals surface area (Å²) in [5.41, 5.74) is 11.9. The van der Waals surface area contributed by atoms with E-state index in [1.54, 1.807) is 0 Å². The summed E-state index contributed by atoms with van der Waals surface area (Å²) >= 11 is 0. The fraction of sp³-hybridized carbons (Fsp3) is 0.889. The van der Waals surface area contributed by atoms with Gasteiger partial charge in [0.2, 0.25) is 0 Å². The topological polar surface area (TPSA) is 64.1 Å². The minimum absolute atomic E-state index is 0.203. The Bertz CT molecular complexity index is 229. The van der Waals surface area contributed by atoms with Gasteiger partial charge in [0.15, 0.2) is 0 Å². The predicted molar refractivity (Wildman–Crippen MR) is 71.3 cm³/mol. The Kier molecular flexibility index (Phi) is 4.10. The average molecular weight is 234 g/mol. The number of hydrogen-bond acceptors (Lipinski definition) is 3. The van der Waals surface area contributed by atoms with Crippen molar-refractivity contribution >= 4 is 21.3 Å². The first-order chi connectivity index (χ1) is 5.90. The summed E-state index contributed by atoms with van der Waals surface area (Å²) in [6.45, 7) is 12.5. The molecule has 0 aliphatic rings. The van der Waals surface area contributed by atoms with Gasteiger partial charge in [-0.3, -0.25) is 4.98 Å². The van der Waals surface area contributed by atoms with Crippen molar-refractivity contribution in [2.75, 3.05) is 6.66 Å². The molecule has 3 nitrogen and oxygen atoms in total. The molecule has 0 spiro atoms. The fourth-order valence-corrected chi connectivity index (χ4v) is 8.52. The van der Waals surface area contributed by atoms with Crippen LogP contribution in [0.15, 0.2) is 0 Å². The summed E-state index contributed by atoms with van der Waals surface area (Å²) in [6, 6.07) is 0. The van der Waals surface area contributed by atoms with Crippen LogP contribution in [0.4, 0.5) is 0 Å². The Labute approximate surface area is 90.0 Å². The molecule has 5 heteroatoms. The maximum absolute atomic E-state index is 6.24. The quantitative estimate of drug-likeness (QED) is 0.388. The second kappa shape index (κ2) is 4.03. The largest absolute Gasteiger partial charge is 0.378 e. The van der Waals surface area contributed by atoms with Crippen molar-refractivity contribution in [1.82, 2.24) is 4.98 Å². The van der Waals surface area contributed by atoms with Crippen LogP contribution >= 0.6 is 7.09 Å². The molecule has 0 radical (unpaired) electrons. The van der Waals surface area contributed by atoms with E-state index in [2.05, 4.69) is 38.3 Å². The first-order valence-electron chi connectivity index (χ1n) is 4.81. The molecule has 0 aromatic carbocycles. The van der Waals surface area contributed by atoms with Crippen molar-refractivity contribution in [1.29, 1.82) is 0 Å². The first kappa shape index (κ1) is 14.3. The molecule has 0 fully saturated rings. The van der Waals surface area contributed by atoms with Crippen LogP contribution in [-0.2, 0) is 0 Å². The molecule has 2 unspecified atom stereocenters. The zero-order chi connectivity index (χ0) is 11.8. The number of hydrogen-bond donors (Lipinski definition) is 3. The lowest BCUT2D eigenvalue weighted by Crippen LogP contribution is -2.72. The number of rotatable bonds is 4. The molecular weight excluding hydrogens is 209 g/mol. The zero-order valence-corrected chi connectivity index (χ0v) is 12.2. The Balaban J connectivity index is 5.04. The molecule has 0 amide bonds. The van der Waals surface area contributed by atoms with Crippen molar-refractivity contribution < 1.29 is 0 Å². The van der Waals surface area contributed by atoms with Crippen LogP contribution < -0.4 is 16.4 Å². The number of nitrogens with one attached hydrogen (secondary N) is 1. The summed E-state index contributed by atoms with van der Waals surface area (Å²) in [7, 11) is -2.13. The molecule has 84 valence electrons. The minimum atomic E-state index is -1.81. The molecule has 0 aliphatic carbocycles. The third kappa shape index (κ3) is 3.44. The highest BCUT2D eigenvalue weighted by Gasteiger charge is 2.54. The third-order valence-corrected chi connectivity index (χ3v) is 14.4. The van der Waals surface area contributed by atoms with Crippen LogP contribution in [0.5, 0.6) is 0 Å². The minimum Gasteiger partial charge on any atom is -0.323 e. The lowest BCUT2D eigenvalue weighted by atomic mass is 10.3. The van der Waals surface area contributed by atoms with Gasteiger partial charge in [-0.25, -0.2) is 0 Å². The van der Waals surface area contributed by atoms with Crippen LogP contribution in [0.1, 0.15) is 27.7 Å². The van der Waals surface area contributed by atoms with Crippen LogP contribution in [0.3, 0.4) is 0 Å². The van der Waals surface area contributed by atoms with E-state index in [1.165, 1.54) is 0 Å². The predicted octanol–water partition coefficient (Wildman–Crippen LogP) is 1.16. The van der Waals surface area contributed by atoms with Crippen LogP contribution in [0.25, 0.3) is 0 Å². The summed E-state index contributed by atoms with van der Waals surface area (Å²) in [6.07, 6.45) is 4.19. The second-order valence-corrected chi connectivity index (χ2v) is 15.4. The summed E-state index contributed by atoms with van der Waals surface area (Å²) in [5, 5.41) is -0.203. The molecule has 0 heterocycles. The standard InChI is InChI=1S/C9H25N3PSi/c1-8(2,10)12-14(7,13(5)6)9(3,4)11/h12H,5,10-11H2,1-4,6-7H3/q+1. The van der Waals surface area contributed by atoms with E-state index in [4.69, 9.17) is 11.5 Å². The highest BCUT2D eigenvalue weighted by molar-refractivity contribution is 7.92. The van der Waals surface area contributed by atoms with Gasteiger partial charge in [-0.15, -0.1) is 0 Å². The lowest BCUT2D eigenvalue weighted by Gasteiger charge is -2.37. The summed E-state index contributed by atoms with van der Waals surface area (Å²) in [4.78, 5) is 3.53. The van der Waals surface area contributed by atoms with Gasteiger partial charge in [0.1, 0.15) is 0 Å². The Morgan fingerprint density at radius 1 is 1.21 bits per heavy atom. The van der Waals surface area contributed by atoms with Crippen LogP contribution in [0, 0.1) is 0 Å². The van der Waals surface area contributed by atoms with Gasteiger partial charge in [-0.05, 0) is 34.2 Å². The highest BCUT2D eigenvalue weighted by Crippen LogP contribution is 2.36. The van der Waals surface area contributed by atoms with Crippen molar-refractivity contribution in [2.24, 2.45) is 11.5 Å². The van der Waals surface area contributed by atoms with Gasteiger partial charge in [0, 0.05) is 7.09 Å². The van der Waals surface area contributed by atoms with Gasteiger partial charge in [0.05, 0.1) is 23.8 Å². The van der Waals surface area contributed by atoms with Gasteiger partial charge in [-0.2, -0.15) is 0 Å². The molecular formula is C9H25N3PSi+. The third-order valence-electron chi connectivity index (χ3n) is 2.58. The highest BCUT2D eigenvalue weighted by atomic mass is 31.4. The van der Waals surface area contributed by atoms with Crippen molar-refractivity contribution in [3.8, 4) is 0 Å². The van der Waals surface area contributed by atoms with E-state index < -0.39 is 7.90 Å². The van der Waals surface area contributed by atoms with Gasteiger partial charge in [0.25, 0.3) is 0 Å². The molecule has 2 atom stereocenters.